The van der Waals surface area contributed by atoms with Crippen LogP contribution in [0.15, 0.2) is 22.9 Å². The van der Waals surface area contributed by atoms with Crippen LogP contribution in [0.5, 0.6) is 0 Å². The molecule has 0 radical (unpaired) electrons. The Labute approximate surface area is 133 Å². The topological polar surface area (TPSA) is 93.4 Å². The van der Waals surface area contributed by atoms with Gasteiger partial charge in [-0.2, -0.15) is 5.26 Å². The van der Waals surface area contributed by atoms with Crippen LogP contribution in [0.3, 0.4) is 0 Å². The Hall–Kier alpha value is -2.53. The van der Waals surface area contributed by atoms with Gasteiger partial charge in [-0.05, 0) is 41.1 Å². The monoisotopic (exact) mass is 360 g/mol. The van der Waals surface area contributed by atoms with Crippen molar-refractivity contribution >= 4 is 32.9 Å². The van der Waals surface area contributed by atoms with E-state index in [1.165, 1.54) is 18.2 Å². The zero-order chi connectivity index (χ0) is 15.9. The van der Waals surface area contributed by atoms with Gasteiger partial charge >= 0.3 is 0 Å². The number of imidazole rings is 1. The molecule has 2 N–H and O–H groups in total. The molecule has 110 valence electrons. The van der Waals surface area contributed by atoms with Crippen LogP contribution in [0.4, 0.5) is 10.2 Å². The number of nitrogen functional groups attached to an aromatic ring is 1. The molecule has 0 saturated carbocycles. The average molecular weight is 361 g/mol. The van der Waals surface area contributed by atoms with Gasteiger partial charge in [0.1, 0.15) is 11.6 Å². The van der Waals surface area contributed by atoms with Gasteiger partial charge in [-0.15, -0.1) is 0 Å². The van der Waals surface area contributed by atoms with Crippen LogP contribution in [0.1, 0.15) is 17.0 Å². The van der Waals surface area contributed by atoms with Gasteiger partial charge in [-0.25, -0.2) is 19.3 Å². The number of nitriles is 1. The van der Waals surface area contributed by atoms with Gasteiger partial charge in [-0.1, -0.05) is 0 Å². The Morgan fingerprint density at radius 2 is 2.14 bits per heavy atom. The summed E-state index contributed by atoms with van der Waals surface area (Å²) in [6, 6.07) is 6.21. The summed E-state index contributed by atoms with van der Waals surface area (Å²) in [6.07, 6.45) is 0. The summed E-state index contributed by atoms with van der Waals surface area (Å²) < 4.78 is 16.1. The number of aromatic nitrogens is 4. The Morgan fingerprint density at radius 3 is 2.86 bits per heavy atom. The van der Waals surface area contributed by atoms with Crippen LogP contribution < -0.4 is 5.73 Å². The van der Waals surface area contributed by atoms with E-state index in [2.05, 4.69) is 30.9 Å². The molecule has 0 fully saturated rings. The molecule has 0 amide bonds. The second-order valence-corrected chi connectivity index (χ2v) is 5.42. The molecule has 0 aliphatic carbocycles. The minimum Gasteiger partial charge on any atom is -0.382 e. The molecular formula is C14H10BrFN6. The van der Waals surface area contributed by atoms with Gasteiger partial charge in [0.05, 0.1) is 18.2 Å². The minimum absolute atomic E-state index is 0.175. The normalized spacial score (nSPS) is 10.8. The molecule has 3 aromatic rings. The largest absolute Gasteiger partial charge is 0.382 e. The quantitative estimate of drug-likeness (QED) is 0.708. The van der Waals surface area contributed by atoms with Crippen LogP contribution in [0.2, 0.25) is 0 Å². The van der Waals surface area contributed by atoms with Gasteiger partial charge < -0.3 is 5.73 Å². The average Bonchev–Trinajstić information content (AvgIpc) is 2.78. The number of halogens is 2. The Morgan fingerprint density at radius 1 is 1.36 bits per heavy atom. The van der Waals surface area contributed by atoms with Gasteiger partial charge in [0.25, 0.3) is 0 Å². The van der Waals surface area contributed by atoms with E-state index in [1.807, 2.05) is 6.07 Å². The maximum Gasteiger partial charge on any atom is 0.179 e. The fraction of sp³-hybridized carbons (Fsp3) is 0.143. The summed E-state index contributed by atoms with van der Waals surface area (Å²) >= 11 is 3.33. The fourth-order valence-corrected chi connectivity index (χ4v) is 2.66. The number of rotatable bonds is 2. The maximum atomic E-state index is 14.0. The molecule has 22 heavy (non-hydrogen) atoms. The van der Waals surface area contributed by atoms with Gasteiger partial charge in [0.15, 0.2) is 21.7 Å². The number of hydrogen-bond acceptors (Lipinski definition) is 5. The first-order valence-corrected chi connectivity index (χ1v) is 7.13. The maximum absolute atomic E-state index is 14.0. The molecule has 0 spiro atoms. The molecule has 0 saturated heterocycles. The van der Waals surface area contributed by atoms with Crippen molar-refractivity contribution in [2.45, 2.75) is 13.5 Å². The molecule has 3 rings (SSSR count). The van der Waals surface area contributed by atoms with Crippen molar-refractivity contribution in [3.05, 3.63) is 45.7 Å². The number of benzene rings is 1. The number of nitrogens with zero attached hydrogens (tertiary/aromatic N) is 5. The van der Waals surface area contributed by atoms with Crippen molar-refractivity contribution in [1.29, 1.82) is 5.26 Å². The van der Waals surface area contributed by atoms with E-state index in [0.29, 0.717) is 32.8 Å². The van der Waals surface area contributed by atoms with Crippen molar-refractivity contribution in [1.82, 2.24) is 19.5 Å². The Bertz CT molecular complexity index is 927. The number of fused-ring (bicyclic) bond motifs is 1. The van der Waals surface area contributed by atoms with Gasteiger partial charge in [0.2, 0.25) is 0 Å². The third-order valence-corrected chi connectivity index (χ3v) is 3.80. The van der Waals surface area contributed by atoms with Crippen molar-refractivity contribution in [3.8, 4) is 6.07 Å². The standard InChI is InChI=1S/C14H10BrFN6/c1-7-19-12(18)11-13(20-7)22(14(15)21-11)6-9-4-8(5-17)2-3-10(9)16/h2-4H,6H2,1H3,(H2,18,19,20). The lowest BCUT2D eigenvalue weighted by atomic mass is 10.1. The molecule has 0 bridgehead atoms. The van der Waals surface area contributed by atoms with Crippen LogP contribution >= 0.6 is 15.9 Å². The van der Waals surface area contributed by atoms with E-state index < -0.39 is 5.82 Å². The summed E-state index contributed by atoms with van der Waals surface area (Å²) in [5.41, 5.74) is 7.57. The highest BCUT2D eigenvalue weighted by atomic mass is 79.9. The minimum atomic E-state index is -0.397. The summed E-state index contributed by atoms with van der Waals surface area (Å²) in [5, 5.41) is 8.94. The Balaban J connectivity index is 2.16. The fourth-order valence-electron chi connectivity index (χ4n) is 2.18. The van der Waals surface area contributed by atoms with Crippen LogP contribution in [-0.4, -0.2) is 19.5 Å². The molecule has 2 heterocycles. The molecule has 6 nitrogen and oxygen atoms in total. The first kappa shape index (κ1) is 14.4. The predicted octanol–water partition coefficient (Wildman–Crippen LogP) is 2.54. The lowest BCUT2D eigenvalue weighted by molar-refractivity contribution is 0.599. The number of anilines is 1. The van der Waals surface area contributed by atoms with E-state index in [4.69, 9.17) is 11.0 Å². The third-order valence-electron chi connectivity index (χ3n) is 3.19. The Kier molecular flexibility index (Phi) is 3.50. The SMILES string of the molecule is Cc1nc(N)c2nc(Br)n(Cc3cc(C#N)ccc3F)c2n1. The van der Waals surface area contributed by atoms with E-state index in [1.54, 1.807) is 11.5 Å². The van der Waals surface area contributed by atoms with Crippen molar-refractivity contribution in [2.24, 2.45) is 0 Å². The van der Waals surface area contributed by atoms with Crippen LogP contribution in [0.25, 0.3) is 11.2 Å². The van der Waals surface area contributed by atoms with Crippen molar-refractivity contribution < 1.29 is 4.39 Å². The van der Waals surface area contributed by atoms with E-state index >= 15 is 0 Å². The number of hydrogen-bond donors (Lipinski definition) is 1. The highest BCUT2D eigenvalue weighted by Crippen LogP contribution is 2.24. The highest BCUT2D eigenvalue weighted by molar-refractivity contribution is 9.10. The van der Waals surface area contributed by atoms with Gasteiger partial charge in [-0.3, -0.25) is 4.57 Å². The predicted molar refractivity (Wildman–Crippen MR) is 82.4 cm³/mol. The number of aryl methyl sites for hydroxylation is 1. The van der Waals surface area contributed by atoms with Crippen LogP contribution in [-0.2, 0) is 6.54 Å². The zero-order valence-electron chi connectivity index (χ0n) is 11.5. The highest BCUT2D eigenvalue weighted by Gasteiger charge is 2.16. The molecule has 1 aromatic carbocycles. The first-order chi connectivity index (χ1) is 10.5. The summed E-state index contributed by atoms with van der Waals surface area (Å²) in [6.45, 7) is 1.90. The van der Waals surface area contributed by atoms with Crippen LogP contribution in [0, 0.1) is 24.1 Å². The second-order valence-electron chi connectivity index (χ2n) is 4.71. The first-order valence-electron chi connectivity index (χ1n) is 6.34. The molecule has 0 atom stereocenters. The van der Waals surface area contributed by atoms with E-state index in [0.717, 1.165) is 0 Å². The van der Waals surface area contributed by atoms with Crippen molar-refractivity contribution in [2.75, 3.05) is 5.73 Å². The second kappa shape index (κ2) is 5.35. The lowest BCUT2D eigenvalue weighted by Crippen LogP contribution is -2.05. The van der Waals surface area contributed by atoms with Crippen molar-refractivity contribution in [3.63, 3.8) is 0 Å². The summed E-state index contributed by atoms with van der Waals surface area (Å²) in [5.74, 6) is 0.379. The molecule has 0 aliphatic rings. The van der Waals surface area contributed by atoms with Gasteiger partial charge in [0, 0.05) is 5.56 Å². The molecule has 8 heteroatoms. The zero-order valence-corrected chi connectivity index (χ0v) is 13.1. The third kappa shape index (κ3) is 2.40. The molecule has 0 unspecified atom stereocenters. The summed E-state index contributed by atoms with van der Waals surface area (Å²) in [7, 11) is 0. The smallest absolute Gasteiger partial charge is 0.179 e. The molecule has 2 aromatic heterocycles. The number of nitrogens with two attached hydrogens (primary N) is 1. The van der Waals surface area contributed by atoms with E-state index in [-0.39, 0.29) is 12.4 Å². The van der Waals surface area contributed by atoms with E-state index in [9.17, 15) is 4.39 Å². The lowest BCUT2D eigenvalue weighted by Gasteiger charge is -2.07. The molecule has 0 aliphatic heterocycles. The molecular weight excluding hydrogens is 351 g/mol. The summed E-state index contributed by atoms with van der Waals surface area (Å²) in [4.78, 5) is 12.6.